The van der Waals surface area contributed by atoms with Crippen molar-refractivity contribution < 1.29 is 0 Å². The van der Waals surface area contributed by atoms with Crippen LogP contribution in [-0.2, 0) is 6.54 Å². The van der Waals surface area contributed by atoms with Gasteiger partial charge in [-0.05, 0) is 31.0 Å². The Hall–Kier alpha value is -0.570. The topological polar surface area (TPSA) is 15.3 Å². The zero-order chi connectivity index (χ0) is 11.5. The highest BCUT2D eigenvalue weighted by molar-refractivity contribution is 6.31. The van der Waals surface area contributed by atoms with Gasteiger partial charge in [0, 0.05) is 37.2 Å². The van der Waals surface area contributed by atoms with Crippen LogP contribution in [0.4, 0.5) is 0 Å². The van der Waals surface area contributed by atoms with Gasteiger partial charge in [0.15, 0.2) is 0 Å². The lowest BCUT2D eigenvalue weighted by molar-refractivity contribution is 0.165. The number of benzene rings is 1. The molecule has 0 saturated carbocycles. The second-order valence-electron chi connectivity index (χ2n) is 4.61. The first-order valence-corrected chi connectivity index (χ1v) is 6.24. The van der Waals surface area contributed by atoms with Crippen LogP contribution in [0, 0.1) is 6.92 Å². The number of piperazine rings is 1. The highest BCUT2D eigenvalue weighted by Crippen LogP contribution is 2.18. The summed E-state index contributed by atoms with van der Waals surface area (Å²) in [6, 6.07) is 6.97. The first-order valence-electron chi connectivity index (χ1n) is 5.86. The van der Waals surface area contributed by atoms with Crippen LogP contribution in [0.2, 0.25) is 5.02 Å². The quantitative estimate of drug-likeness (QED) is 0.852. The lowest BCUT2D eigenvalue weighted by atomic mass is 10.1. The zero-order valence-corrected chi connectivity index (χ0v) is 10.7. The normalized spacial score (nSPS) is 22.3. The Bertz CT molecular complexity index is 365. The van der Waals surface area contributed by atoms with E-state index < -0.39 is 0 Å². The number of hydrogen-bond donors (Lipinski definition) is 1. The number of halogens is 1. The van der Waals surface area contributed by atoms with Crippen LogP contribution in [0.3, 0.4) is 0 Å². The molecule has 1 aromatic carbocycles. The molecule has 1 fully saturated rings. The van der Waals surface area contributed by atoms with Crippen LogP contribution in [-0.4, -0.2) is 30.6 Å². The minimum absolute atomic E-state index is 0.605. The standard InChI is InChI=1S/C13H19ClN2/c1-10-3-4-12(7-13(10)14)9-16-6-5-15-8-11(16)2/h3-4,7,11,15H,5-6,8-9H2,1-2H3/t11-/m0/s1. The molecule has 0 amide bonds. The molecule has 1 atom stereocenters. The van der Waals surface area contributed by atoms with Gasteiger partial charge < -0.3 is 5.32 Å². The summed E-state index contributed by atoms with van der Waals surface area (Å²) in [7, 11) is 0. The Labute approximate surface area is 103 Å². The first-order chi connectivity index (χ1) is 7.66. The Morgan fingerprint density at radius 1 is 1.50 bits per heavy atom. The molecule has 1 N–H and O–H groups in total. The van der Waals surface area contributed by atoms with Gasteiger partial charge in [0.1, 0.15) is 0 Å². The minimum atomic E-state index is 0.605. The van der Waals surface area contributed by atoms with Gasteiger partial charge in [-0.25, -0.2) is 0 Å². The van der Waals surface area contributed by atoms with E-state index in [1.54, 1.807) is 0 Å². The van der Waals surface area contributed by atoms with Crippen molar-refractivity contribution in [2.75, 3.05) is 19.6 Å². The summed E-state index contributed by atoms with van der Waals surface area (Å²) >= 11 is 6.14. The van der Waals surface area contributed by atoms with Crippen molar-refractivity contribution in [2.45, 2.75) is 26.4 Å². The molecule has 2 rings (SSSR count). The zero-order valence-electron chi connectivity index (χ0n) is 9.96. The van der Waals surface area contributed by atoms with Gasteiger partial charge in [0.2, 0.25) is 0 Å². The number of nitrogens with one attached hydrogen (secondary N) is 1. The van der Waals surface area contributed by atoms with E-state index in [1.807, 2.05) is 6.92 Å². The predicted octanol–water partition coefficient (Wildman–Crippen LogP) is 2.44. The van der Waals surface area contributed by atoms with E-state index in [2.05, 4.69) is 35.3 Å². The van der Waals surface area contributed by atoms with Gasteiger partial charge in [-0.2, -0.15) is 0 Å². The van der Waals surface area contributed by atoms with E-state index >= 15 is 0 Å². The third-order valence-electron chi connectivity index (χ3n) is 3.26. The molecule has 0 unspecified atom stereocenters. The summed E-state index contributed by atoms with van der Waals surface area (Å²) in [5.74, 6) is 0. The monoisotopic (exact) mass is 238 g/mol. The first kappa shape index (κ1) is 11.9. The largest absolute Gasteiger partial charge is 0.314 e. The maximum absolute atomic E-state index is 6.14. The number of aryl methyl sites for hydroxylation is 1. The summed E-state index contributed by atoms with van der Waals surface area (Å²) in [5.41, 5.74) is 2.46. The SMILES string of the molecule is Cc1ccc(CN2CCNC[C@@H]2C)cc1Cl. The second kappa shape index (κ2) is 5.17. The fraction of sp³-hybridized carbons (Fsp3) is 0.538. The molecule has 0 radical (unpaired) electrons. The Kier molecular flexibility index (Phi) is 3.85. The van der Waals surface area contributed by atoms with Crippen molar-refractivity contribution in [1.29, 1.82) is 0 Å². The molecule has 2 nitrogen and oxygen atoms in total. The van der Waals surface area contributed by atoms with E-state index in [4.69, 9.17) is 11.6 Å². The summed E-state index contributed by atoms with van der Waals surface area (Å²) < 4.78 is 0. The van der Waals surface area contributed by atoms with Crippen molar-refractivity contribution >= 4 is 11.6 Å². The number of hydrogen-bond acceptors (Lipinski definition) is 2. The molecule has 1 aromatic rings. The highest BCUT2D eigenvalue weighted by atomic mass is 35.5. The average molecular weight is 239 g/mol. The van der Waals surface area contributed by atoms with Crippen molar-refractivity contribution in [3.05, 3.63) is 34.3 Å². The molecule has 1 saturated heterocycles. The maximum Gasteiger partial charge on any atom is 0.0438 e. The molecule has 1 heterocycles. The number of rotatable bonds is 2. The van der Waals surface area contributed by atoms with Crippen LogP contribution < -0.4 is 5.32 Å². The van der Waals surface area contributed by atoms with Crippen LogP contribution >= 0.6 is 11.6 Å². The van der Waals surface area contributed by atoms with E-state index in [-0.39, 0.29) is 0 Å². The molecular formula is C13H19ClN2. The van der Waals surface area contributed by atoms with E-state index in [0.29, 0.717) is 6.04 Å². The summed E-state index contributed by atoms with van der Waals surface area (Å²) in [4.78, 5) is 2.50. The lowest BCUT2D eigenvalue weighted by Gasteiger charge is -2.33. The second-order valence-corrected chi connectivity index (χ2v) is 5.01. The minimum Gasteiger partial charge on any atom is -0.314 e. The van der Waals surface area contributed by atoms with Crippen molar-refractivity contribution in [3.63, 3.8) is 0 Å². The van der Waals surface area contributed by atoms with Crippen LogP contribution in [0.25, 0.3) is 0 Å². The van der Waals surface area contributed by atoms with Gasteiger partial charge in [-0.3, -0.25) is 4.90 Å². The lowest BCUT2D eigenvalue weighted by Crippen LogP contribution is -2.49. The van der Waals surface area contributed by atoms with Crippen LogP contribution in [0.15, 0.2) is 18.2 Å². The highest BCUT2D eigenvalue weighted by Gasteiger charge is 2.17. The Morgan fingerprint density at radius 2 is 2.31 bits per heavy atom. The fourth-order valence-electron chi connectivity index (χ4n) is 2.09. The van der Waals surface area contributed by atoms with Crippen molar-refractivity contribution in [3.8, 4) is 0 Å². The molecule has 0 bridgehead atoms. The van der Waals surface area contributed by atoms with Gasteiger partial charge in [0.25, 0.3) is 0 Å². The Morgan fingerprint density at radius 3 is 3.00 bits per heavy atom. The third-order valence-corrected chi connectivity index (χ3v) is 3.67. The predicted molar refractivity (Wildman–Crippen MR) is 68.9 cm³/mol. The molecule has 0 aromatic heterocycles. The molecule has 88 valence electrons. The van der Waals surface area contributed by atoms with Gasteiger partial charge in [-0.15, -0.1) is 0 Å². The molecule has 3 heteroatoms. The summed E-state index contributed by atoms with van der Waals surface area (Å²) in [6.45, 7) is 8.60. The smallest absolute Gasteiger partial charge is 0.0438 e. The van der Waals surface area contributed by atoms with E-state index in [9.17, 15) is 0 Å². The molecular weight excluding hydrogens is 220 g/mol. The number of nitrogens with zero attached hydrogens (tertiary/aromatic N) is 1. The van der Waals surface area contributed by atoms with Crippen LogP contribution in [0.1, 0.15) is 18.1 Å². The molecule has 16 heavy (non-hydrogen) atoms. The van der Waals surface area contributed by atoms with Crippen LogP contribution in [0.5, 0.6) is 0 Å². The third kappa shape index (κ3) is 2.76. The molecule has 0 spiro atoms. The van der Waals surface area contributed by atoms with E-state index in [0.717, 1.165) is 36.8 Å². The maximum atomic E-state index is 6.14. The molecule has 1 aliphatic rings. The van der Waals surface area contributed by atoms with Gasteiger partial charge >= 0.3 is 0 Å². The fourth-order valence-corrected chi connectivity index (χ4v) is 2.29. The summed E-state index contributed by atoms with van der Waals surface area (Å²) in [5, 5.41) is 4.28. The van der Waals surface area contributed by atoms with Gasteiger partial charge in [0.05, 0.1) is 0 Å². The van der Waals surface area contributed by atoms with Crippen molar-refractivity contribution in [1.82, 2.24) is 10.2 Å². The average Bonchev–Trinajstić information content (AvgIpc) is 2.27. The Balaban J connectivity index is 2.05. The molecule has 0 aliphatic carbocycles. The van der Waals surface area contributed by atoms with Gasteiger partial charge in [-0.1, -0.05) is 23.7 Å². The molecule has 1 aliphatic heterocycles. The van der Waals surface area contributed by atoms with Crippen molar-refractivity contribution in [2.24, 2.45) is 0 Å². The van der Waals surface area contributed by atoms with E-state index in [1.165, 1.54) is 5.56 Å². The summed E-state index contributed by atoms with van der Waals surface area (Å²) in [6.07, 6.45) is 0.